The van der Waals surface area contributed by atoms with E-state index in [-0.39, 0.29) is 4.90 Å². The van der Waals surface area contributed by atoms with E-state index in [1.54, 1.807) is 30.3 Å². The lowest BCUT2D eigenvalue weighted by atomic mass is 10.2. The number of rotatable bonds is 5. The minimum atomic E-state index is -4.67. The summed E-state index contributed by atoms with van der Waals surface area (Å²) in [6.45, 7) is 6.41. The van der Waals surface area contributed by atoms with Crippen LogP contribution in [0.3, 0.4) is 0 Å². The molecule has 2 aromatic carbocycles. The summed E-state index contributed by atoms with van der Waals surface area (Å²) in [4.78, 5) is 3.65. The summed E-state index contributed by atoms with van der Waals surface area (Å²) in [6.07, 6.45) is 0. The Bertz CT molecular complexity index is 1240. The van der Waals surface area contributed by atoms with Crippen molar-refractivity contribution in [2.75, 3.05) is 26.2 Å². The highest BCUT2D eigenvalue weighted by atomic mass is 35.5. The number of sulfonamides is 1. The molecule has 0 amide bonds. The van der Waals surface area contributed by atoms with E-state index in [4.69, 9.17) is 40.7 Å². The number of halogens is 2. The first kappa shape index (κ1) is 28.8. The van der Waals surface area contributed by atoms with E-state index in [1.807, 2.05) is 6.07 Å². The van der Waals surface area contributed by atoms with E-state index in [9.17, 15) is 13.7 Å². The lowest BCUT2D eigenvalue weighted by molar-refractivity contribution is 0.154. The Kier molecular flexibility index (Phi) is 10.2. The molecule has 0 radical (unpaired) electrons. The van der Waals surface area contributed by atoms with Crippen LogP contribution in [0.4, 0.5) is 0 Å². The largest absolute Gasteiger partial charge is 0.394 e. The van der Waals surface area contributed by atoms with Gasteiger partial charge in [0.15, 0.2) is 0 Å². The number of hydrogen-bond donors (Lipinski definition) is 2. The highest BCUT2D eigenvalue weighted by Gasteiger charge is 2.31. The molecule has 0 spiro atoms. The van der Waals surface area contributed by atoms with Crippen molar-refractivity contribution in [2.24, 2.45) is 0 Å². The lowest BCUT2D eigenvalue weighted by Crippen LogP contribution is -2.50. The van der Waals surface area contributed by atoms with Crippen LogP contribution >= 0.6 is 35.0 Å². The molecule has 3 rings (SSSR count). The number of piperazine rings is 1. The Morgan fingerprint density at radius 1 is 0.971 bits per heavy atom. The van der Waals surface area contributed by atoms with Crippen LogP contribution in [0, 0.1) is 11.3 Å². The average Bonchev–Trinajstić information content (AvgIpc) is 2.72. The van der Waals surface area contributed by atoms with Crippen LogP contribution in [0.5, 0.6) is 0 Å². The van der Waals surface area contributed by atoms with Crippen LogP contribution in [0.15, 0.2) is 51.1 Å². The van der Waals surface area contributed by atoms with Crippen molar-refractivity contribution < 1.29 is 25.9 Å². The summed E-state index contributed by atoms with van der Waals surface area (Å²) in [5.41, 5.74) is 0.304. The number of nitriles is 1. The molecule has 1 saturated heterocycles. The van der Waals surface area contributed by atoms with Gasteiger partial charge in [0, 0.05) is 52.1 Å². The van der Waals surface area contributed by atoms with E-state index < -0.39 is 20.4 Å². The molecule has 1 aliphatic rings. The molecule has 2 N–H and O–H groups in total. The van der Waals surface area contributed by atoms with Crippen molar-refractivity contribution in [2.45, 2.75) is 34.6 Å². The summed E-state index contributed by atoms with van der Waals surface area (Å²) < 4.78 is 59.9. The van der Waals surface area contributed by atoms with Crippen LogP contribution in [0.1, 0.15) is 19.4 Å². The molecule has 14 heteroatoms. The van der Waals surface area contributed by atoms with Crippen LogP contribution in [-0.4, -0.2) is 67.4 Å². The third-order valence-corrected chi connectivity index (χ3v) is 8.31. The molecule has 9 nitrogen and oxygen atoms in total. The Morgan fingerprint density at radius 3 is 1.97 bits per heavy atom. The minimum Gasteiger partial charge on any atom is -0.298 e. The second kappa shape index (κ2) is 12.0. The quantitative estimate of drug-likeness (QED) is 0.511. The number of hydrogen-bond acceptors (Lipinski definition) is 7. The summed E-state index contributed by atoms with van der Waals surface area (Å²) in [6, 6.07) is 12.2. The molecule has 0 atom stereocenters. The standard InChI is InChI=1S/C20H21Cl2N3O2S2.H2O4S/c1-14(2)24-5-7-25(8-6-24)29(26,27)20-9-15(13-23)3-4-19(20)28-18-11-16(21)10-17(22)12-18;1-5(2,3)4/h3-4,9-12,14H,5-8H2,1-2H3;(H2,1,2,3,4). The van der Waals surface area contributed by atoms with Gasteiger partial charge in [-0.1, -0.05) is 35.0 Å². The van der Waals surface area contributed by atoms with Gasteiger partial charge in [0.1, 0.15) is 0 Å². The smallest absolute Gasteiger partial charge is 0.298 e. The second-order valence-corrected chi connectivity index (χ2v) is 12.3. The van der Waals surface area contributed by atoms with Crippen molar-refractivity contribution >= 4 is 55.4 Å². The fraction of sp³-hybridized carbons (Fsp3) is 0.350. The van der Waals surface area contributed by atoms with Gasteiger partial charge in [-0.2, -0.15) is 18.0 Å². The third kappa shape index (κ3) is 8.67. The monoisotopic (exact) mass is 567 g/mol. The van der Waals surface area contributed by atoms with E-state index in [0.717, 1.165) is 4.90 Å². The maximum absolute atomic E-state index is 13.4. The predicted molar refractivity (Wildman–Crippen MR) is 131 cm³/mol. The van der Waals surface area contributed by atoms with E-state index in [2.05, 4.69) is 18.7 Å². The molecule has 0 aliphatic carbocycles. The molecule has 186 valence electrons. The highest BCUT2D eigenvalue weighted by molar-refractivity contribution is 8.00. The fourth-order valence-electron chi connectivity index (χ4n) is 3.18. The molecule has 0 bridgehead atoms. The first-order valence-corrected chi connectivity index (χ1v) is 14.2. The Morgan fingerprint density at radius 2 is 1.50 bits per heavy atom. The number of nitrogens with zero attached hydrogens (tertiary/aromatic N) is 3. The molecule has 0 saturated carbocycles. The molecule has 1 heterocycles. The van der Waals surface area contributed by atoms with Gasteiger partial charge in [-0.05, 0) is 50.2 Å². The summed E-state index contributed by atoms with van der Waals surface area (Å²) >= 11 is 13.4. The van der Waals surface area contributed by atoms with Gasteiger partial charge >= 0.3 is 10.4 Å². The maximum Gasteiger partial charge on any atom is 0.394 e. The molecule has 0 unspecified atom stereocenters. The van der Waals surface area contributed by atoms with Gasteiger partial charge < -0.3 is 0 Å². The Balaban J connectivity index is 0.000000739. The van der Waals surface area contributed by atoms with Crippen LogP contribution in [0.2, 0.25) is 10.0 Å². The van der Waals surface area contributed by atoms with Crippen LogP contribution < -0.4 is 0 Å². The zero-order valence-corrected chi connectivity index (χ0v) is 22.2. The first-order valence-electron chi connectivity index (χ1n) is 9.83. The SMILES string of the molecule is CC(C)N1CCN(S(=O)(=O)c2cc(C#N)ccc2Sc2cc(Cl)cc(Cl)c2)CC1.O=S(=O)(O)O. The molecule has 34 heavy (non-hydrogen) atoms. The number of benzene rings is 2. The van der Waals surface area contributed by atoms with Gasteiger partial charge in [-0.3, -0.25) is 14.0 Å². The highest BCUT2D eigenvalue weighted by Crippen LogP contribution is 2.37. The lowest BCUT2D eigenvalue weighted by Gasteiger charge is -2.36. The Labute approximate surface area is 213 Å². The fourth-order valence-corrected chi connectivity index (χ4v) is 6.72. The average molecular weight is 569 g/mol. The summed E-state index contributed by atoms with van der Waals surface area (Å²) in [5, 5.41) is 10.2. The minimum absolute atomic E-state index is 0.135. The van der Waals surface area contributed by atoms with Crippen LogP contribution in [0.25, 0.3) is 0 Å². The zero-order chi connectivity index (χ0) is 25.7. The normalized spacial score (nSPS) is 15.5. The van der Waals surface area contributed by atoms with Crippen molar-refractivity contribution in [1.29, 1.82) is 5.26 Å². The predicted octanol–water partition coefficient (Wildman–Crippen LogP) is 4.08. The molecule has 2 aromatic rings. The van der Waals surface area contributed by atoms with Crippen molar-refractivity contribution in [1.82, 2.24) is 9.21 Å². The summed E-state index contributed by atoms with van der Waals surface area (Å²) in [5.74, 6) is 0. The molecule has 1 fully saturated rings. The van der Waals surface area contributed by atoms with Crippen molar-refractivity contribution in [3.05, 3.63) is 52.0 Å². The molecule has 1 aliphatic heterocycles. The van der Waals surface area contributed by atoms with Crippen LogP contribution in [-0.2, 0) is 20.4 Å². The molecular formula is C20H23Cl2N3O6S3. The van der Waals surface area contributed by atoms with Gasteiger partial charge in [-0.15, -0.1) is 0 Å². The zero-order valence-electron chi connectivity index (χ0n) is 18.2. The van der Waals surface area contributed by atoms with E-state index in [0.29, 0.717) is 52.7 Å². The molecule has 0 aromatic heterocycles. The third-order valence-electron chi connectivity index (χ3n) is 4.76. The Hall–Kier alpha value is -1.40. The topological polar surface area (TPSA) is 139 Å². The summed E-state index contributed by atoms with van der Waals surface area (Å²) in [7, 11) is -8.41. The van der Waals surface area contributed by atoms with Gasteiger partial charge in [0.05, 0.1) is 16.5 Å². The van der Waals surface area contributed by atoms with Gasteiger partial charge in [0.25, 0.3) is 0 Å². The molecular weight excluding hydrogens is 545 g/mol. The second-order valence-electron chi connectivity index (χ2n) is 7.46. The van der Waals surface area contributed by atoms with Gasteiger partial charge in [-0.25, -0.2) is 8.42 Å². The van der Waals surface area contributed by atoms with Crippen molar-refractivity contribution in [3.63, 3.8) is 0 Å². The van der Waals surface area contributed by atoms with Gasteiger partial charge in [0.2, 0.25) is 10.0 Å². The van der Waals surface area contributed by atoms with E-state index >= 15 is 0 Å². The first-order chi connectivity index (χ1) is 15.7. The van der Waals surface area contributed by atoms with E-state index in [1.165, 1.54) is 22.1 Å². The van der Waals surface area contributed by atoms with Crippen molar-refractivity contribution in [3.8, 4) is 6.07 Å². The maximum atomic E-state index is 13.4.